The lowest BCUT2D eigenvalue weighted by molar-refractivity contribution is 0.0941. The van der Waals surface area contributed by atoms with Gasteiger partial charge in [-0.25, -0.2) is 0 Å². The SMILES string of the molecule is C[C@H](NC(=O)c1ccccc1N)c1ccccc1Cl. The molecule has 0 aliphatic heterocycles. The summed E-state index contributed by atoms with van der Waals surface area (Å²) in [6.45, 7) is 1.89. The molecule has 0 fully saturated rings. The van der Waals surface area contributed by atoms with Crippen molar-refractivity contribution in [2.45, 2.75) is 13.0 Å². The van der Waals surface area contributed by atoms with Crippen LogP contribution in [0.25, 0.3) is 0 Å². The molecule has 0 unspecified atom stereocenters. The molecule has 0 radical (unpaired) electrons. The van der Waals surface area contributed by atoms with Crippen LogP contribution in [0.2, 0.25) is 5.02 Å². The Morgan fingerprint density at radius 3 is 2.47 bits per heavy atom. The number of carbonyl (C=O) groups excluding carboxylic acids is 1. The maximum absolute atomic E-state index is 12.1. The van der Waals surface area contributed by atoms with E-state index in [4.69, 9.17) is 17.3 Å². The fourth-order valence-electron chi connectivity index (χ4n) is 1.88. The number of nitrogen functional groups attached to an aromatic ring is 1. The van der Waals surface area contributed by atoms with Crippen molar-refractivity contribution in [2.75, 3.05) is 5.73 Å². The van der Waals surface area contributed by atoms with Gasteiger partial charge in [0.2, 0.25) is 0 Å². The van der Waals surface area contributed by atoms with Gasteiger partial charge in [-0.15, -0.1) is 0 Å². The van der Waals surface area contributed by atoms with Crippen LogP contribution in [0.5, 0.6) is 0 Å². The summed E-state index contributed by atoms with van der Waals surface area (Å²) in [6, 6.07) is 14.2. The highest BCUT2D eigenvalue weighted by Crippen LogP contribution is 2.22. The number of nitrogens with two attached hydrogens (primary N) is 1. The quantitative estimate of drug-likeness (QED) is 0.843. The standard InChI is InChI=1S/C15H15ClN2O/c1-10(11-6-2-4-8-13(11)16)18-15(19)12-7-3-5-9-14(12)17/h2-10H,17H2,1H3,(H,18,19)/t10-/m0/s1. The molecule has 0 aliphatic rings. The highest BCUT2D eigenvalue weighted by atomic mass is 35.5. The number of carbonyl (C=O) groups is 1. The lowest BCUT2D eigenvalue weighted by Crippen LogP contribution is -2.27. The topological polar surface area (TPSA) is 55.1 Å². The van der Waals surface area contributed by atoms with Crippen molar-refractivity contribution in [3.63, 3.8) is 0 Å². The van der Waals surface area contributed by atoms with Gasteiger partial charge in [0.25, 0.3) is 5.91 Å². The third-order valence-electron chi connectivity index (χ3n) is 2.92. The molecule has 1 atom stereocenters. The average Bonchev–Trinajstić information content (AvgIpc) is 2.39. The van der Waals surface area contributed by atoms with Crippen LogP contribution in [0.15, 0.2) is 48.5 Å². The molecule has 1 amide bonds. The summed E-state index contributed by atoms with van der Waals surface area (Å²) in [5, 5.41) is 3.53. The fraction of sp³-hybridized carbons (Fsp3) is 0.133. The highest BCUT2D eigenvalue weighted by molar-refractivity contribution is 6.31. The molecule has 98 valence electrons. The Balaban J connectivity index is 2.16. The molecule has 0 saturated carbocycles. The molecule has 0 spiro atoms. The molecular weight excluding hydrogens is 260 g/mol. The van der Waals surface area contributed by atoms with Gasteiger partial charge in [-0.2, -0.15) is 0 Å². The monoisotopic (exact) mass is 274 g/mol. The maximum atomic E-state index is 12.1. The zero-order valence-electron chi connectivity index (χ0n) is 10.6. The van der Waals surface area contributed by atoms with Crippen LogP contribution < -0.4 is 11.1 Å². The molecule has 2 rings (SSSR count). The minimum Gasteiger partial charge on any atom is -0.398 e. The summed E-state index contributed by atoms with van der Waals surface area (Å²) >= 11 is 6.10. The first-order chi connectivity index (χ1) is 9.09. The number of para-hydroxylation sites is 1. The molecule has 0 saturated heterocycles. The number of hydrogen-bond acceptors (Lipinski definition) is 2. The largest absolute Gasteiger partial charge is 0.398 e. The van der Waals surface area contributed by atoms with Crippen molar-refractivity contribution in [2.24, 2.45) is 0 Å². The second-order valence-corrected chi connectivity index (χ2v) is 4.71. The van der Waals surface area contributed by atoms with Crippen molar-refractivity contribution in [1.82, 2.24) is 5.32 Å². The molecule has 2 aromatic rings. The van der Waals surface area contributed by atoms with E-state index >= 15 is 0 Å². The van der Waals surface area contributed by atoms with E-state index in [9.17, 15) is 4.79 Å². The number of anilines is 1. The van der Waals surface area contributed by atoms with Crippen LogP contribution in [0.3, 0.4) is 0 Å². The molecule has 19 heavy (non-hydrogen) atoms. The second kappa shape index (κ2) is 5.76. The van der Waals surface area contributed by atoms with E-state index in [1.807, 2.05) is 25.1 Å². The number of nitrogens with one attached hydrogen (secondary N) is 1. The zero-order valence-corrected chi connectivity index (χ0v) is 11.3. The van der Waals surface area contributed by atoms with Crippen LogP contribution in [-0.2, 0) is 0 Å². The van der Waals surface area contributed by atoms with Crippen LogP contribution in [-0.4, -0.2) is 5.91 Å². The number of halogens is 1. The zero-order chi connectivity index (χ0) is 13.8. The Morgan fingerprint density at radius 1 is 1.16 bits per heavy atom. The first-order valence-electron chi connectivity index (χ1n) is 5.99. The van der Waals surface area contributed by atoms with Crippen molar-refractivity contribution >= 4 is 23.2 Å². The van der Waals surface area contributed by atoms with Gasteiger partial charge in [0.1, 0.15) is 0 Å². The van der Waals surface area contributed by atoms with Gasteiger partial charge in [0, 0.05) is 10.7 Å². The van der Waals surface area contributed by atoms with E-state index in [1.165, 1.54) is 0 Å². The molecule has 0 aliphatic carbocycles. The predicted molar refractivity (Wildman–Crippen MR) is 78.2 cm³/mol. The van der Waals surface area contributed by atoms with E-state index in [0.29, 0.717) is 16.3 Å². The van der Waals surface area contributed by atoms with Gasteiger partial charge in [-0.3, -0.25) is 4.79 Å². The summed E-state index contributed by atoms with van der Waals surface area (Å²) in [5.41, 5.74) is 7.60. The Kier molecular flexibility index (Phi) is 4.07. The van der Waals surface area contributed by atoms with E-state index in [2.05, 4.69) is 5.32 Å². The number of amides is 1. The first-order valence-corrected chi connectivity index (χ1v) is 6.37. The third kappa shape index (κ3) is 3.06. The Morgan fingerprint density at radius 2 is 1.79 bits per heavy atom. The fourth-order valence-corrected chi connectivity index (χ4v) is 2.18. The lowest BCUT2D eigenvalue weighted by atomic mass is 10.1. The van der Waals surface area contributed by atoms with E-state index < -0.39 is 0 Å². The highest BCUT2D eigenvalue weighted by Gasteiger charge is 2.14. The van der Waals surface area contributed by atoms with Crippen LogP contribution in [0, 0.1) is 0 Å². The van der Waals surface area contributed by atoms with Gasteiger partial charge in [0.15, 0.2) is 0 Å². The summed E-state index contributed by atoms with van der Waals surface area (Å²) in [4.78, 5) is 12.1. The number of benzene rings is 2. The molecule has 4 heteroatoms. The lowest BCUT2D eigenvalue weighted by Gasteiger charge is -2.16. The minimum atomic E-state index is -0.203. The predicted octanol–water partition coefficient (Wildman–Crippen LogP) is 3.41. The van der Waals surface area contributed by atoms with Crippen LogP contribution >= 0.6 is 11.6 Å². The third-order valence-corrected chi connectivity index (χ3v) is 3.27. The summed E-state index contributed by atoms with van der Waals surface area (Å²) in [6.07, 6.45) is 0. The minimum absolute atomic E-state index is 0.180. The number of hydrogen-bond donors (Lipinski definition) is 2. The Hall–Kier alpha value is -2.00. The molecule has 0 aromatic heterocycles. The van der Waals surface area contributed by atoms with E-state index in [1.54, 1.807) is 30.3 Å². The average molecular weight is 275 g/mol. The molecule has 0 bridgehead atoms. The summed E-state index contributed by atoms with van der Waals surface area (Å²) in [5.74, 6) is -0.203. The van der Waals surface area contributed by atoms with Crippen LogP contribution in [0.4, 0.5) is 5.69 Å². The van der Waals surface area contributed by atoms with E-state index in [-0.39, 0.29) is 11.9 Å². The Bertz CT molecular complexity index is 598. The van der Waals surface area contributed by atoms with Crippen molar-refractivity contribution in [3.8, 4) is 0 Å². The van der Waals surface area contributed by atoms with Crippen molar-refractivity contribution in [1.29, 1.82) is 0 Å². The normalized spacial score (nSPS) is 11.9. The summed E-state index contributed by atoms with van der Waals surface area (Å²) in [7, 11) is 0. The van der Waals surface area contributed by atoms with Crippen molar-refractivity contribution < 1.29 is 4.79 Å². The molecule has 3 N–H and O–H groups in total. The maximum Gasteiger partial charge on any atom is 0.253 e. The smallest absolute Gasteiger partial charge is 0.253 e. The van der Waals surface area contributed by atoms with Gasteiger partial charge in [0.05, 0.1) is 11.6 Å². The Labute approximate surface area is 117 Å². The van der Waals surface area contributed by atoms with Gasteiger partial charge < -0.3 is 11.1 Å². The van der Waals surface area contributed by atoms with Gasteiger partial charge in [-0.1, -0.05) is 41.9 Å². The van der Waals surface area contributed by atoms with Crippen LogP contribution in [0.1, 0.15) is 28.9 Å². The summed E-state index contributed by atoms with van der Waals surface area (Å²) < 4.78 is 0. The molecule has 2 aromatic carbocycles. The first kappa shape index (κ1) is 13.4. The second-order valence-electron chi connectivity index (χ2n) is 4.30. The number of rotatable bonds is 3. The van der Waals surface area contributed by atoms with Gasteiger partial charge in [-0.05, 0) is 30.7 Å². The van der Waals surface area contributed by atoms with Gasteiger partial charge >= 0.3 is 0 Å². The van der Waals surface area contributed by atoms with E-state index in [0.717, 1.165) is 5.56 Å². The molecule has 0 heterocycles. The molecular formula is C15H15ClN2O. The molecule has 3 nitrogen and oxygen atoms in total. The van der Waals surface area contributed by atoms with Crippen molar-refractivity contribution in [3.05, 3.63) is 64.7 Å².